The molecule has 0 radical (unpaired) electrons. The number of rotatable bonds is 12. The molecule has 0 spiro atoms. The van der Waals surface area contributed by atoms with Gasteiger partial charge in [0, 0.05) is 0 Å². The minimum Gasteiger partial charge on any atom is -0.848 e. The molecular formula is C18H40O6P2S2Zn3. The summed E-state index contributed by atoms with van der Waals surface area (Å²) >= 11 is 0. The Morgan fingerprint density at radius 3 is 0.968 bits per heavy atom. The fourth-order valence-electron chi connectivity index (χ4n) is 2.38. The van der Waals surface area contributed by atoms with E-state index in [-0.39, 0.29) is 70.3 Å². The minimum absolute atomic E-state index is 0. The minimum atomic E-state index is -4.34. The Morgan fingerprint density at radius 2 is 0.806 bits per heavy atom. The van der Waals surface area contributed by atoms with Gasteiger partial charge >= 0.3 is 58.4 Å². The first-order valence-corrected chi connectivity index (χ1v) is 17.6. The van der Waals surface area contributed by atoms with Gasteiger partial charge in [0.1, 0.15) is 0 Å². The quantitative estimate of drug-likeness (QED) is 0.167. The van der Waals surface area contributed by atoms with Gasteiger partial charge in [0.25, 0.3) is 0 Å². The summed E-state index contributed by atoms with van der Waals surface area (Å²) in [5, 5.41) is 0. The van der Waals surface area contributed by atoms with Crippen LogP contribution in [0.4, 0.5) is 0 Å². The summed E-state index contributed by atoms with van der Waals surface area (Å²) in [6, 6.07) is 0. The fourth-order valence-corrected chi connectivity index (χ4v) is 11.1. The van der Waals surface area contributed by atoms with E-state index in [1.165, 1.54) is 0 Å². The molecule has 0 N–H and O–H groups in total. The monoisotopic (exact) mass is 670 g/mol. The van der Waals surface area contributed by atoms with Crippen LogP contribution in [0, 0.1) is 11.8 Å². The zero-order chi connectivity index (χ0) is 22.4. The third-order valence-electron chi connectivity index (χ3n) is 3.65. The maximum Gasteiger partial charge on any atom is 2.00 e. The number of unbranched alkanes of at least 4 members (excludes halogenated alkanes) is 4. The van der Waals surface area contributed by atoms with Crippen LogP contribution in [-0.4, -0.2) is 23.0 Å². The fraction of sp³-hybridized carbons (Fsp3) is 1.00. The van der Waals surface area contributed by atoms with Crippen LogP contribution in [0.3, 0.4) is 0 Å². The average Bonchev–Trinajstić information content (AvgIpc) is 2.51. The van der Waals surface area contributed by atoms with Gasteiger partial charge in [-0.15, -0.1) is 0 Å². The van der Waals surface area contributed by atoms with Crippen molar-refractivity contribution in [1.82, 2.24) is 0 Å². The molecule has 0 bridgehead atoms. The molecule has 0 saturated heterocycles. The van der Waals surface area contributed by atoms with Gasteiger partial charge in [-0.2, -0.15) is 0 Å². The summed E-state index contributed by atoms with van der Waals surface area (Å²) in [6.45, 7) is 3.26. The summed E-state index contributed by atoms with van der Waals surface area (Å²) in [4.78, 5) is 65.7. The first kappa shape index (κ1) is 44.2. The summed E-state index contributed by atoms with van der Waals surface area (Å²) in [7, 11) is -1.86. The average molecular weight is 675 g/mol. The summed E-state index contributed by atoms with van der Waals surface area (Å²) in [5.74, 6) is 2.78. The van der Waals surface area contributed by atoms with Crippen LogP contribution in [0.2, 0.25) is 0 Å². The van der Waals surface area contributed by atoms with Crippen LogP contribution in [0.25, 0.3) is 0 Å². The second kappa shape index (κ2) is 24.9. The molecule has 0 amide bonds. The van der Waals surface area contributed by atoms with E-state index in [1.807, 2.05) is 27.7 Å². The van der Waals surface area contributed by atoms with Gasteiger partial charge in [-0.1, -0.05) is 67.2 Å². The molecule has 176 valence electrons. The van der Waals surface area contributed by atoms with Crippen molar-refractivity contribution in [2.75, 3.05) is 23.0 Å². The van der Waals surface area contributed by atoms with Crippen LogP contribution >= 0.6 is 13.4 Å². The normalized spacial score (nSPS) is 13.4. The van der Waals surface area contributed by atoms with Crippen molar-refractivity contribution >= 4 is 33.6 Å². The summed E-state index contributed by atoms with van der Waals surface area (Å²) in [5.41, 5.74) is 0. The molecule has 0 aliphatic rings. The predicted octanol–water partition coefficient (Wildman–Crippen LogP) is 0.411. The molecule has 2 unspecified atom stereocenters. The van der Waals surface area contributed by atoms with Crippen LogP contribution in [0.15, 0.2) is 0 Å². The molecule has 0 saturated carbocycles. The van der Waals surface area contributed by atoms with E-state index in [0.29, 0.717) is 23.0 Å². The third kappa shape index (κ3) is 29.3. The first-order chi connectivity index (χ1) is 12.8. The number of hydrogen-bond acceptors (Lipinski definition) is 6. The Bertz CT molecular complexity index is 464. The van der Waals surface area contributed by atoms with E-state index >= 15 is 0 Å². The van der Waals surface area contributed by atoms with Crippen molar-refractivity contribution < 1.29 is 87.8 Å². The largest absolute Gasteiger partial charge is 2.00 e. The van der Waals surface area contributed by atoms with E-state index < -0.39 is 33.6 Å². The molecule has 0 aromatic carbocycles. The Labute approximate surface area is 234 Å². The van der Waals surface area contributed by atoms with Gasteiger partial charge in [-0.25, -0.2) is 20.1 Å². The Balaban J connectivity index is -0.000000133. The second-order valence-electron chi connectivity index (χ2n) is 7.76. The molecule has 31 heavy (non-hydrogen) atoms. The van der Waals surface area contributed by atoms with E-state index in [9.17, 15) is 29.4 Å². The zero-order valence-electron chi connectivity index (χ0n) is 20.5. The molecule has 13 heteroatoms. The Kier molecular flexibility index (Phi) is 35.5. The van der Waals surface area contributed by atoms with Crippen LogP contribution in [0.5, 0.6) is 0 Å². The second-order valence-corrected chi connectivity index (χ2v) is 18.7. The first-order valence-electron chi connectivity index (χ1n) is 10.2. The van der Waals surface area contributed by atoms with Gasteiger partial charge in [0.2, 0.25) is 0 Å². The molecular weight excluding hydrogens is 634 g/mol. The van der Waals surface area contributed by atoms with Gasteiger partial charge in [-0.3, -0.25) is 0 Å². The number of hydrogen-bond donors (Lipinski definition) is 0. The SMILES string of the molecule is CCCCCS(CC(C)C)=P([O-])([O-])[O-].CCCCCS(CC(C)C)=P([O-])([O-])[O-].[Zn+2].[Zn+2].[Zn+2]. The summed E-state index contributed by atoms with van der Waals surface area (Å²) in [6.07, 6.45) is 5.87. The smallest absolute Gasteiger partial charge is 0.848 e. The van der Waals surface area contributed by atoms with Crippen LogP contribution < -0.4 is 29.4 Å². The maximum atomic E-state index is 10.9. The van der Waals surface area contributed by atoms with Crippen LogP contribution in [-0.2, 0) is 78.6 Å². The Hall–Kier alpha value is 3.19. The van der Waals surface area contributed by atoms with Crippen molar-refractivity contribution in [2.24, 2.45) is 11.8 Å². The van der Waals surface area contributed by atoms with E-state index in [1.54, 1.807) is 0 Å². The van der Waals surface area contributed by atoms with E-state index in [2.05, 4.69) is 13.8 Å². The van der Waals surface area contributed by atoms with Gasteiger partial charge in [-0.05, 0) is 47.7 Å². The molecule has 6 nitrogen and oxygen atoms in total. The van der Waals surface area contributed by atoms with Gasteiger partial charge < -0.3 is 42.8 Å². The molecule has 2 atom stereocenters. The van der Waals surface area contributed by atoms with Crippen molar-refractivity contribution in [3.63, 3.8) is 0 Å². The molecule has 0 fully saturated rings. The molecule has 0 aromatic heterocycles. The van der Waals surface area contributed by atoms with Gasteiger partial charge in [0.15, 0.2) is 0 Å². The molecule has 0 aromatic rings. The van der Waals surface area contributed by atoms with Gasteiger partial charge in [0.05, 0.1) is 0 Å². The van der Waals surface area contributed by atoms with Crippen molar-refractivity contribution in [2.45, 2.75) is 80.1 Å². The summed E-state index contributed by atoms with van der Waals surface area (Å²) < 4.78 is 0. The Morgan fingerprint density at radius 1 is 0.548 bits per heavy atom. The van der Waals surface area contributed by atoms with Crippen molar-refractivity contribution in [3.05, 3.63) is 0 Å². The van der Waals surface area contributed by atoms with Crippen LogP contribution in [0.1, 0.15) is 80.1 Å². The zero-order valence-corrected chi connectivity index (χ0v) is 32.8. The maximum absolute atomic E-state index is 10.9. The standard InChI is InChI=1S/2C9H20O3PS.3Zn/c2*1-4-5-6-7-14(8-9(2)3)13(10,11)12;;;/h2*9H,4-8H2,1-3H3;;;/q2*-3;3*+2. The third-order valence-corrected chi connectivity index (χ3v) is 14.3. The van der Waals surface area contributed by atoms with Crippen molar-refractivity contribution in [3.8, 4) is 0 Å². The molecule has 0 heterocycles. The topological polar surface area (TPSA) is 138 Å². The molecule has 0 aliphatic carbocycles. The van der Waals surface area contributed by atoms with Crippen molar-refractivity contribution in [1.29, 1.82) is 0 Å². The van der Waals surface area contributed by atoms with E-state index in [0.717, 1.165) is 38.5 Å². The predicted molar refractivity (Wildman–Crippen MR) is 117 cm³/mol. The molecule has 0 rings (SSSR count). The van der Waals surface area contributed by atoms with E-state index in [4.69, 9.17) is 0 Å². The molecule has 0 aliphatic heterocycles.